The lowest BCUT2D eigenvalue weighted by Crippen LogP contribution is -2.21. The fourth-order valence-electron chi connectivity index (χ4n) is 2.31. The summed E-state index contributed by atoms with van der Waals surface area (Å²) in [5.74, 6) is 0.368. The third kappa shape index (κ3) is 2.10. The van der Waals surface area contributed by atoms with Gasteiger partial charge in [-0.2, -0.15) is 0 Å². The van der Waals surface area contributed by atoms with E-state index in [-0.39, 0.29) is 6.29 Å². The molecule has 0 radical (unpaired) electrons. The van der Waals surface area contributed by atoms with Gasteiger partial charge in [-0.05, 0) is 36.1 Å². The van der Waals surface area contributed by atoms with Crippen molar-refractivity contribution in [2.24, 2.45) is 0 Å². The van der Waals surface area contributed by atoms with E-state index < -0.39 is 0 Å². The second-order valence-corrected chi connectivity index (χ2v) is 4.74. The number of halogens is 1. The lowest BCUT2D eigenvalue weighted by molar-refractivity contribution is -0.117. The molecule has 1 atom stereocenters. The van der Waals surface area contributed by atoms with E-state index in [0.717, 1.165) is 17.3 Å². The summed E-state index contributed by atoms with van der Waals surface area (Å²) in [5.41, 5.74) is 2.78. The molecule has 0 N–H and O–H groups in total. The van der Waals surface area contributed by atoms with Crippen molar-refractivity contribution in [2.45, 2.75) is 25.0 Å². The van der Waals surface area contributed by atoms with Crippen molar-refractivity contribution >= 4 is 15.9 Å². The van der Waals surface area contributed by atoms with E-state index in [0.29, 0.717) is 5.92 Å². The Kier molecular flexibility index (Phi) is 3.44. The van der Waals surface area contributed by atoms with Crippen molar-refractivity contribution in [1.82, 2.24) is 0 Å². The molecule has 0 aliphatic heterocycles. The zero-order valence-electron chi connectivity index (χ0n) is 9.00. The Labute approximate surface area is 98.7 Å². The first-order valence-electron chi connectivity index (χ1n) is 5.10. The molecular formula is C12H15BrO2. The third-order valence-corrected chi connectivity index (χ3v) is 3.52. The maximum absolute atomic E-state index is 5.34. The van der Waals surface area contributed by atoms with Crippen LogP contribution in [0.3, 0.4) is 0 Å². The van der Waals surface area contributed by atoms with Crippen LogP contribution in [0.15, 0.2) is 22.7 Å². The SMILES string of the molecule is COC(OC)C1CCc2ccc(Br)cc21. The maximum atomic E-state index is 5.34. The zero-order chi connectivity index (χ0) is 10.8. The Morgan fingerprint density at radius 3 is 2.73 bits per heavy atom. The molecule has 1 unspecified atom stereocenters. The molecule has 0 saturated carbocycles. The number of benzene rings is 1. The molecule has 0 heterocycles. The van der Waals surface area contributed by atoms with Crippen LogP contribution in [0.1, 0.15) is 23.5 Å². The number of hydrogen-bond acceptors (Lipinski definition) is 2. The van der Waals surface area contributed by atoms with Crippen LogP contribution in [0.5, 0.6) is 0 Å². The van der Waals surface area contributed by atoms with Gasteiger partial charge in [0.15, 0.2) is 6.29 Å². The van der Waals surface area contributed by atoms with Crippen molar-refractivity contribution in [2.75, 3.05) is 14.2 Å². The minimum atomic E-state index is -0.124. The molecule has 0 saturated heterocycles. The van der Waals surface area contributed by atoms with Crippen LogP contribution in [-0.4, -0.2) is 20.5 Å². The second-order valence-electron chi connectivity index (χ2n) is 3.83. The summed E-state index contributed by atoms with van der Waals surface area (Å²) in [5, 5.41) is 0. The van der Waals surface area contributed by atoms with Gasteiger partial charge in [0.2, 0.25) is 0 Å². The monoisotopic (exact) mass is 270 g/mol. The van der Waals surface area contributed by atoms with Crippen LogP contribution < -0.4 is 0 Å². The Morgan fingerprint density at radius 2 is 2.07 bits per heavy atom. The zero-order valence-corrected chi connectivity index (χ0v) is 10.6. The van der Waals surface area contributed by atoms with Crippen LogP contribution in [0.2, 0.25) is 0 Å². The second kappa shape index (κ2) is 4.64. The smallest absolute Gasteiger partial charge is 0.163 e. The van der Waals surface area contributed by atoms with E-state index in [4.69, 9.17) is 9.47 Å². The van der Waals surface area contributed by atoms with Gasteiger partial charge in [-0.3, -0.25) is 0 Å². The topological polar surface area (TPSA) is 18.5 Å². The van der Waals surface area contributed by atoms with Crippen molar-refractivity contribution < 1.29 is 9.47 Å². The third-order valence-electron chi connectivity index (χ3n) is 3.03. The highest BCUT2D eigenvalue weighted by molar-refractivity contribution is 9.10. The first-order valence-corrected chi connectivity index (χ1v) is 5.89. The molecular weight excluding hydrogens is 256 g/mol. The normalized spacial score (nSPS) is 19.6. The molecule has 2 nitrogen and oxygen atoms in total. The van der Waals surface area contributed by atoms with Crippen LogP contribution >= 0.6 is 15.9 Å². The molecule has 2 rings (SSSR count). The molecule has 1 aliphatic rings. The molecule has 0 bridgehead atoms. The fraction of sp³-hybridized carbons (Fsp3) is 0.500. The summed E-state index contributed by atoms with van der Waals surface area (Å²) >= 11 is 3.50. The highest BCUT2D eigenvalue weighted by Gasteiger charge is 2.29. The van der Waals surface area contributed by atoms with Gasteiger partial charge in [-0.1, -0.05) is 22.0 Å². The van der Waals surface area contributed by atoms with E-state index in [1.807, 2.05) is 0 Å². The number of methoxy groups -OCH3 is 2. The summed E-state index contributed by atoms with van der Waals surface area (Å²) in [7, 11) is 3.40. The van der Waals surface area contributed by atoms with Gasteiger partial charge in [0.25, 0.3) is 0 Å². The Bertz CT molecular complexity index is 347. The highest BCUT2D eigenvalue weighted by Crippen LogP contribution is 2.38. The molecule has 1 aliphatic carbocycles. The molecule has 1 aromatic rings. The molecule has 0 fully saturated rings. The van der Waals surface area contributed by atoms with Crippen LogP contribution in [0, 0.1) is 0 Å². The molecule has 1 aromatic carbocycles. The number of aryl methyl sites for hydroxylation is 1. The highest BCUT2D eigenvalue weighted by atomic mass is 79.9. The summed E-state index contributed by atoms with van der Waals surface area (Å²) in [4.78, 5) is 0. The molecule has 0 spiro atoms. The molecule has 15 heavy (non-hydrogen) atoms. The lowest BCUT2D eigenvalue weighted by atomic mass is 10.0. The van der Waals surface area contributed by atoms with Gasteiger partial charge in [0, 0.05) is 24.6 Å². The molecule has 0 amide bonds. The van der Waals surface area contributed by atoms with Gasteiger partial charge in [-0.25, -0.2) is 0 Å². The van der Waals surface area contributed by atoms with E-state index in [2.05, 4.69) is 34.1 Å². The average Bonchev–Trinajstić information content (AvgIpc) is 2.64. The maximum Gasteiger partial charge on any atom is 0.163 e. The Morgan fingerprint density at radius 1 is 1.33 bits per heavy atom. The minimum absolute atomic E-state index is 0.124. The number of hydrogen-bond donors (Lipinski definition) is 0. The van der Waals surface area contributed by atoms with E-state index in [1.54, 1.807) is 14.2 Å². The van der Waals surface area contributed by atoms with Gasteiger partial charge in [-0.15, -0.1) is 0 Å². The summed E-state index contributed by atoms with van der Waals surface area (Å²) in [6.07, 6.45) is 2.11. The van der Waals surface area contributed by atoms with Gasteiger partial charge >= 0.3 is 0 Å². The van der Waals surface area contributed by atoms with Crippen LogP contribution in [-0.2, 0) is 15.9 Å². The van der Waals surface area contributed by atoms with Crippen LogP contribution in [0.4, 0.5) is 0 Å². The lowest BCUT2D eigenvalue weighted by Gasteiger charge is -2.21. The van der Waals surface area contributed by atoms with Gasteiger partial charge in [0.05, 0.1) is 0 Å². The van der Waals surface area contributed by atoms with Crippen molar-refractivity contribution in [1.29, 1.82) is 0 Å². The Hall–Kier alpha value is -0.380. The van der Waals surface area contributed by atoms with Crippen molar-refractivity contribution in [3.63, 3.8) is 0 Å². The summed E-state index contributed by atoms with van der Waals surface area (Å²) in [6, 6.07) is 6.45. The quantitative estimate of drug-likeness (QED) is 0.786. The van der Waals surface area contributed by atoms with E-state index in [1.165, 1.54) is 11.1 Å². The van der Waals surface area contributed by atoms with Crippen LogP contribution in [0.25, 0.3) is 0 Å². The first-order chi connectivity index (χ1) is 7.26. The van der Waals surface area contributed by atoms with E-state index in [9.17, 15) is 0 Å². The number of rotatable bonds is 3. The number of ether oxygens (including phenoxy) is 2. The van der Waals surface area contributed by atoms with Crippen molar-refractivity contribution in [3.05, 3.63) is 33.8 Å². The minimum Gasteiger partial charge on any atom is -0.355 e. The molecule has 0 aromatic heterocycles. The first kappa shape index (κ1) is 11.1. The predicted molar refractivity (Wildman–Crippen MR) is 63.0 cm³/mol. The fourth-order valence-corrected chi connectivity index (χ4v) is 2.69. The van der Waals surface area contributed by atoms with Gasteiger partial charge < -0.3 is 9.47 Å². The molecule has 3 heteroatoms. The summed E-state index contributed by atoms with van der Waals surface area (Å²) in [6.45, 7) is 0. The Balaban J connectivity index is 2.30. The standard InChI is InChI=1S/C12H15BrO2/c1-14-12(15-2)10-6-4-8-3-5-9(13)7-11(8)10/h3,5,7,10,12H,4,6H2,1-2H3. The summed E-state index contributed by atoms with van der Waals surface area (Å²) < 4.78 is 11.8. The molecule has 82 valence electrons. The number of fused-ring (bicyclic) bond motifs is 1. The van der Waals surface area contributed by atoms with Gasteiger partial charge in [0.1, 0.15) is 0 Å². The van der Waals surface area contributed by atoms with Crippen molar-refractivity contribution in [3.8, 4) is 0 Å². The average molecular weight is 271 g/mol. The van der Waals surface area contributed by atoms with E-state index >= 15 is 0 Å². The predicted octanol–water partition coefficient (Wildman–Crippen LogP) is 3.10. The largest absolute Gasteiger partial charge is 0.355 e.